The number of hydrogen-bond donors (Lipinski definition) is 2. The van der Waals surface area contributed by atoms with Crippen molar-refractivity contribution < 1.29 is 0 Å². The first kappa shape index (κ1) is 6.84. The number of nitrogens with two attached hydrogens (primary N) is 1. The summed E-state index contributed by atoms with van der Waals surface area (Å²) in [6.07, 6.45) is 1.30. The van der Waals surface area contributed by atoms with E-state index in [-0.39, 0.29) is 11.1 Å². The molecular formula is C6H7N5O. The maximum Gasteiger partial charge on any atom is 0.278 e. The number of H-pyrrole nitrogens is 1. The monoisotopic (exact) mass is 165 g/mol. The third kappa shape index (κ3) is 0.714. The van der Waals surface area contributed by atoms with Crippen molar-refractivity contribution in [2.24, 2.45) is 0 Å². The van der Waals surface area contributed by atoms with Crippen molar-refractivity contribution in [3.63, 3.8) is 0 Å². The summed E-state index contributed by atoms with van der Waals surface area (Å²) in [5, 5.41) is 0. The molecule has 2 rings (SSSR count). The minimum absolute atomic E-state index is 0.271. The van der Waals surface area contributed by atoms with Crippen LogP contribution >= 0.6 is 0 Å². The van der Waals surface area contributed by atoms with Crippen molar-refractivity contribution in [2.45, 2.75) is 6.92 Å². The molecule has 0 spiro atoms. The summed E-state index contributed by atoms with van der Waals surface area (Å²) >= 11 is 0. The molecule has 2 heterocycles. The van der Waals surface area contributed by atoms with Crippen molar-refractivity contribution >= 4 is 11.2 Å². The van der Waals surface area contributed by atoms with Crippen LogP contribution in [0.1, 0.15) is 5.82 Å². The lowest BCUT2D eigenvalue weighted by Gasteiger charge is -1.92. The molecule has 0 radical (unpaired) electrons. The highest BCUT2D eigenvalue weighted by atomic mass is 16.1. The average Bonchev–Trinajstić information content (AvgIpc) is 2.32. The van der Waals surface area contributed by atoms with E-state index in [2.05, 4.69) is 15.0 Å². The van der Waals surface area contributed by atoms with E-state index in [9.17, 15) is 4.79 Å². The van der Waals surface area contributed by atoms with E-state index < -0.39 is 0 Å². The minimum Gasteiger partial charge on any atom is -0.336 e. The van der Waals surface area contributed by atoms with Crippen molar-refractivity contribution in [1.29, 1.82) is 0 Å². The summed E-state index contributed by atoms with van der Waals surface area (Å²) in [6.45, 7) is 1.71. The first-order valence-corrected chi connectivity index (χ1v) is 3.38. The maximum atomic E-state index is 11.1. The summed E-state index contributed by atoms with van der Waals surface area (Å²) in [5.74, 6) is 6.11. The minimum atomic E-state index is -0.271. The van der Waals surface area contributed by atoms with Gasteiger partial charge >= 0.3 is 0 Å². The number of aromatic nitrogens is 4. The molecule has 0 atom stereocenters. The van der Waals surface area contributed by atoms with Crippen LogP contribution < -0.4 is 11.4 Å². The first-order valence-electron chi connectivity index (χ1n) is 3.38. The zero-order valence-corrected chi connectivity index (χ0v) is 6.40. The van der Waals surface area contributed by atoms with E-state index in [4.69, 9.17) is 5.84 Å². The number of aromatic amines is 1. The van der Waals surface area contributed by atoms with Crippen LogP contribution in [0, 0.1) is 6.92 Å². The maximum absolute atomic E-state index is 11.1. The van der Waals surface area contributed by atoms with E-state index in [0.29, 0.717) is 11.5 Å². The van der Waals surface area contributed by atoms with E-state index in [1.165, 1.54) is 11.0 Å². The SMILES string of the molecule is Cc1nc2c(=O)[nH]cnc2n1N. The van der Waals surface area contributed by atoms with E-state index in [0.717, 1.165) is 0 Å². The molecular weight excluding hydrogens is 158 g/mol. The predicted molar refractivity (Wildman–Crippen MR) is 43.0 cm³/mol. The second-order valence-corrected chi connectivity index (χ2v) is 2.43. The highest BCUT2D eigenvalue weighted by molar-refractivity contribution is 5.69. The number of fused-ring (bicyclic) bond motifs is 1. The highest BCUT2D eigenvalue weighted by Gasteiger charge is 2.07. The Morgan fingerprint density at radius 3 is 3.08 bits per heavy atom. The molecule has 0 unspecified atom stereocenters. The van der Waals surface area contributed by atoms with Gasteiger partial charge in [-0.1, -0.05) is 0 Å². The summed E-state index contributed by atoms with van der Waals surface area (Å²) in [5.41, 5.74) is 0.404. The Balaban J connectivity index is 3.05. The molecule has 6 heteroatoms. The Morgan fingerprint density at radius 1 is 1.67 bits per heavy atom. The zero-order valence-electron chi connectivity index (χ0n) is 6.40. The molecule has 0 aliphatic rings. The van der Waals surface area contributed by atoms with Crippen LogP contribution in [-0.2, 0) is 0 Å². The summed E-state index contributed by atoms with van der Waals surface area (Å²) in [4.78, 5) is 21.4. The summed E-state index contributed by atoms with van der Waals surface area (Å²) in [6, 6.07) is 0. The van der Waals surface area contributed by atoms with Gasteiger partial charge in [0.25, 0.3) is 5.56 Å². The molecule has 0 bridgehead atoms. The lowest BCUT2D eigenvalue weighted by molar-refractivity contribution is 0.940. The fourth-order valence-corrected chi connectivity index (χ4v) is 1.03. The quantitative estimate of drug-likeness (QED) is 0.497. The van der Waals surface area contributed by atoms with Gasteiger partial charge in [0.1, 0.15) is 5.82 Å². The van der Waals surface area contributed by atoms with Crippen molar-refractivity contribution in [2.75, 3.05) is 5.84 Å². The molecule has 0 saturated carbocycles. The van der Waals surface area contributed by atoms with Gasteiger partial charge in [-0.2, -0.15) is 0 Å². The molecule has 0 amide bonds. The average molecular weight is 165 g/mol. The Labute approximate surface area is 67.0 Å². The number of nitrogens with one attached hydrogen (secondary N) is 1. The lowest BCUT2D eigenvalue weighted by atomic mass is 10.5. The van der Waals surface area contributed by atoms with Crippen LogP contribution in [0.5, 0.6) is 0 Å². The fraction of sp³-hybridized carbons (Fsp3) is 0.167. The van der Waals surface area contributed by atoms with Gasteiger partial charge in [0.2, 0.25) is 0 Å². The molecule has 0 fully saturated rings. The van der Waals surface area contributed by atoms with Crippen molar-refractivity contribution in [1.82, 2.24) is 19.6 Å². The highest BCUT2D eigenvalue weighted by Crippen LogP contribution is 2.03. The van der Waals surface area contributed by atoms with Gasteiger partial charge in [-0.25, -0.2) is 14.6 Å². The van der Waals surface area contributed by atoms with Crippen molar-refractivity contribution in [3.05, 3.63) is 22.5 Å². The first-order chi connectivity index (χ1) is 5.70. The Kier molecular flexibility index (Phi) is 1.18. The zero-order chi connectivity index (χ0) is 8.72. The molecule has 0 aliphatic heterocycles. The number of rotatable bonds is 0. The van der Waals surface area contributed by atoms with Gasteiger partial charge in [0, 0.05) is 0 Å². The van der Waals surface area contributed by atoms with Gasteiger partial charge in [0.15, 0.2) is 11.2 Å². The second-order valence-electron chi connectivity index (χ2n) is 2.43. The molecule has 0 aromatic carbocycles. The van der Waals surface area contributed by atoms with Gasteiger partial charge in [0.05, 0.1) is 6.33 Å². The predicted octanol–water partition coefficient (Wildman–Crippen LogP) is -0.858. The number of aryl methyl sites for hydroxylation is 1. The topological polar surface area (TPSA) is 89.6 Å². The molecule has 2 aromatic rings. The molecule has 62 valence electrons. The molecule has 0 saturated heterocycles. The lowest BCUT2D eigenvalue weighted by Crippen LogP contribution is -2.12. The van der Waals surface area contributed by atoms with E-state index in [1.807, 2.05) is 0 Å². The fourth-order valence-electron chi connectivity index (χ4n) is 1.03. The van der Waals surface area contributed by atoms with Crippen LogP contribution in [0.4, 0.5) is 0 Å². The molecule has 3 N–H and O–H groups in total. The number of imidazole rings is 1. The molecule has 0 aliphatic carbocycles. The Hall–Kier alpha value is -1.85. The van der Waals surface area contributed by atoms with Gasteiger partial charge in [-0.15, -0.1) is 0 Å². The van der Waals surface area contributed by atoms with Crippen LogP contribution in [0.2, 0.25) is 0 Å². The van der Waals surface area contributed by atoms with E-state index >= 15 is 0 Å². The largest absolute Gasteiger partial charge is 0.336 e. The Bertz CT molecular complexity index is 482. The number of nitrogen functional groups attached to an aromatic ring is 1. The van der Waals surface area contributed by atoms with Gasteiger partial charge in [-0.3, -0.25) is 4.79 Å². The number of hydrogen-bond acceptors (Lipinski definition) is 4. The summed E-state index contributed by atoms with van der Waals surface area (Å²) in [7, 11) is 0. The van der Waals surface area contributed by atoms with E-state index in [1.54, 1.807) is 6.92 Å². The van der Waals surface area contributed by atoms with Crippen LogP contribution in [-0.4, -0.2) is 19.6 Å². The molecule has 2 aromatic heterocycles. The summed E-state index contributed by atoms with van der Waals surface area (Å²) < 4.78 is 1.28. The van der Waals surface area contributed by atoms with Crippen LogP contribution in [0.15, 0.2) is 11.1 Å². The standard InChI is InChI=1S/C6H7N5O/c1-3-10-4-5(11(3)7)8-2-9-6(4)12/h2H,7H2,1H3,(H,8,9,12). The second kappa shape index (κ2) is 2.07. The third-order valence-corrected chi connectivity index (χ3v) is 1.66. The van der Waals surface area contributed by atoms with Gasteiger partial charge < -0.3 is 10.8 Å². The third-order valence-electron chi connectivity index (χ3n) is 1.66. The Morgan fingerprint density at radius 2 is 2.42 bits per heavy atom. The molecule has 12 heavy (non-hydrogen) atoms. The molecule has 6 nitrogen and oxygen atoms in total. The van der Waals surface area contributed by atoms with Crippen molar-refractivity contribution in [3.8, 4) is 0 Å². The van der Waals surface area contributed by atoms with Crippen LogP contribution in [0.25, 0.3) is 11.2 Å². The number of nitrogens with zero attached hydrogens (tertiary/aromatic N) is 3. The normalized spacial score (nSPS) is 10.8. The van der Waals surface area contributed by atoms with Crippen LogP contribution in [0.3, 0.4) is 0 Å². The van der Waals surface area contributed by atoms with Gasteiger partial charge in [-0.05, 0) is 6.92 Å². The smallest absolute Gasteiger partial charge is 0.278 e.